The highest BCUT2D eigenvalue weighted by molar-refractivity contribution is 5.55. The lowest BCUT2D eigenvalue weighted by atomic mass is 9.88. The van der Waals surface area contributed by atoms with E-state index in [1.165, 1.54) is 17.0 Å². The minimum atomic E-state index is 0.149. The Bertz CT molecular complexity index is 396. The van der Waals surface area contributed by atoms with Crippen molar-refractivity contribution >= 4 is 6.08 Å². The van der Waals surface area contributed by atoms with Gasteiger partial charge in [0, 0.05) is 17.0 Å². The zero-order valence-corrected chi connectivity index (χ0v) is 10.0. The van der Waals surface area contributed by atoms with E-state index in [1.54, 1.807) is 0 Å². The topological polar surface area (TPSA) is 12.9 Å². The van der Waals surface area contributed by atoms with E-state index in [1.807, 2.05) is 0 Å². The minimum absolute atomic E-state index is 0.149. The Hall–Kier alpha value is -1.11. The Morgan fingerprint density at radius 3 is 2.67 bits per heavy atom. The summed E-state index contributed by atoms with van der Waals surface area (Å²) < 4.78 is 0. The van der Waals surface area contributed by atoms with E-state index in [4.69, 9.17) is 4.98 Å². The van der Waals surface area contributed by atoms with Crippen LogP contribution < -0.4 is 0 Å². The van der Waals surface area contributed by atoms with Crippen molar-refractivity contribution in [2.75, 3.05) is 0 Å². The van der Waals surface area contributed by atoms with Crippen LogP contribution in [0, 0.1) is 0 Å². The first-order valence-electron chi connectivity index (χ1n) is 5.66. The molecule has 1 heteroatoms. The van der Waals surface area contributed by atoms with Crippen molar-refractivity contribution in [2.45, 2.75) is 45.4 Å². The summed E-state index contributed by atoms with van der Waals surface area (Å²) in [4.78, 5) is 4.81. The molecule has 1 unspecified atom stereocenters. The summed E-state index contributed by atoms with van der Waals surface area (Å²) in [6.45, 7) is 8.89. The normalized spacial score (nSPS) is 20.1. The highest BCUT2D eigenvalue weighted by Gasteiger charge is 2.20. The maximum absolute atomic E-state index is 4.81. The third kappa shape index (κ3) is 1.97. The van der Waals surface area contributed by atoms with Crippen LogP contribution >= 0.6 is 0 Å². The van der Waals surface area contributed by atoms with Gasteiger partial charge in [-0.3, -0.25) is 4.98 Å². The van der Waals surface area contributed by atoms with Gasteiger partial charge >= 0.3 is 0 Å². The summed E-state index contributed by atoms with van der Waals surface area (Å²) in [5, 5.41) is 0. The van der Waals surface area contributed by atoms with E-state index in [2.05, 4.69) is 52.0 Å². The van der Waals surface area contributed by atoms with Gasteiger partial charge in [-0.25, -0.2) is 0 Å². The Morgan fingerprint density at radius 2 is 2.00 bits per heavy atom. The Labute approximate surface area is 92.2 Å². The SMILES string of the molecule is CC1CC=Cc2ccc(C(C)(C)C)nc21. The fraction of sp³-hybridized carbons (Fsp3) is 0.500. The average molecular weight is 201 g/mol. The molecule has 0 radical (unpaired) electrons. The zero-order chi connectivity index (χ0) is 11.1. The van der Waals surface area contributed by atoms with E-state index in [-0.39, 0.29) is 5.41 Å². The highest BCUT2D eigenvalue weighted by atomic mass is 14.7. The number of hydrogen-bond donors (Lipinski definition) is 0. The minimum Gasteiger partial charge on any atom is -0.256 e. The van der Waals surface area contributed by atoms with Gasteiger partial charge in [0.25, 0.3) is 0 Å². The van der Waals surface area contributed by atoms with Gasteiger partial charge in [-0.2, -0.15) is 0 Å². The summed E-state index contributed by atoms with van der Waals surface area (Å²) >= 11 is 0. The van der Waals surface area contributed by atoms with E-state index in [9.17, 15) is 0 Å². The molecule has 1 atom stereocenters. The molecular weight excluding hydrogens is 182 g/mol. The number of aromatic nitrogens is 1. The van der Waals surface area contributed by atoms with Crippen LogP contribution in [0.2, 0.25) is 0 Å². The lowest BCUT2D eigenvalue weighted by molar-refractivity contribution is 0.560. The summed E-state index contributed by atoms with van der Waals surface area (Å²) in [7, 11) is 0. The molecule has 1 nitrogen and oxygen atoms in total. The summed E-state index contributed by atoms with van der Waals surface area (Å²) in [6, 6.07) is 4.36. The Kier molecular flexibility index (Phi) is 2.41. The Morgan fingerprint density at radius 1 is 1.27 bits per heavy atom. The number of nitrogens with zero attached hydrogens (tertiary/aromatic N) is 1. The second kappa shape index (κ2) is 3.48. The quantitative estimate of drug-likeness (QED) is 0.620. The molecule has 0 N–H and O–H groups in total. The fourth-order valence-electron chi connectivity index (χ4n) is 1.95. The molecule has 0 amide bonds. The fourth-order valence-corrected chi connectivity index (χ4v) is 1.95. The van der Waals surface area contributed by atoms with Gasteiger partial charge < -0.3 is 0 Å². The zero-order valence-electron chi connectivity index (χ0n) is 10.0. The molecule has 80 valence electrons. The predicted molar refractivity (Wildman–Crippen MR) is 65.0 cm³/mol. The summed E-state index contributed by atoms with van der Waals surface area (Å²) in [5.41, 5.74) is 3.91. The van der Waals surface area contributed by atoms with Crippen LogP contribution in [-0.4, -0.2) is 4.98 Å². The molecule has 0 saturated heterocycles. The van der Waals surface area contributed by atoms with E-state index < -0.39 is 0 Å². The lowest BCUT2D eigenvalue weighted by Gasteiger charge is -2.23. The second-order valence-electron chi connectivity index (χ2n) is 5.46. The smallest absolute Gasteiger partial charge is 0.0510 e. The standard InChI is InChI=1S/C14H19N/c1-10-6-5-7-11-8-9-12(14(2,3)4)15-13(10)11/h5,7-10H,6H2,1-4H3. The molecule has 1 aromatic heterocycles. The van der Waals surface area contributed by atoms with Crippen LogP contribution in [0.5, 0.6) is 0 Å². The lowest BCUT2D eigenvalue weighted by Crippen LogP contribution is -2.16. The van der Waals surface area contributed by atoms with Gasteiger partial charge in [-0.1, -0.05) is 45.9 Å². The van der Waals surface area contributed by atoms with Crippen LogP contribution in [0.3, 0.4) is 0 Å². The van der Waals surface area contributed by atoms with Crippen molar-refractivity contribution in [3.63, 3.8) is 0 Å². The van der Waals surface area contributed by atoms with E-state index in [0.717, 1.165) is 6.42 Å². The average Bonchev–Trinajstić information content (AvgIpc) is 2.16. The van der Waals surface area contributed by atoms with Gasteiger partial charge in [-0.05, 0) is 18.1 Å². The molecular formula is C14H19N. The molecule has 1 aromatic rings. The summed E-state index contributed by atoms with van der Waals surface area (Å²) in [5.74, 6) is 0.562. The molecule has 0 aliphatic heterocycles. The van der Waals surface area contributed by atoms with E-state index >= 15 is 0 Å². The molecule has 1 aliphatic rings. The first-order chi connectivity index (χ1) is 6.98. The van der Waals surface area contributed by atoms with Gasteiger partial charge in [-0.15, -0.1) is 0 Å². The van der Waals surface area contributed by atoms with Crippen molar-refractivity contribution < 1.29 is 0 Å². The number of fused-ring (bicyclic) bond motifs is 1. The maximum Gasteiger partial charge on any atom is 0.0510 e. The molecule has 1 heterocycles. The molecule has 15 heavy (non-hydrogen) atoms. The van der Waals surface area contributed by atoms with Gasteiger partial charge in [0.05, 0.1) is 5.69 Å². The first-order valence-corrected chi connectivity index (χ1v) is 5.66. The van der Waals surface area contributed by atoms with Gasteiger partial charge in [0.1, 0.15) is 0 Å². The van der Waals surface area contributed by atoms with Crippen molar-refractivity contribution in [3.05, 3.63) is 35.2 Å². The second-order valence-corrected chi connectivity index (χ2v) is 5.46. The molecule has 2 rings (SSSR count). The molecule has 0 saturated carbocycles. The number of hydrogen-bond acceptors (Lipinski definition) is 1. The molecule has 1 aliphatic carbocycles. The van der Waals surface area contributed by atoms with Crippen molar-refractivity contribution in [1.82, 2.24) is 4.98 Å². The highest BCUT2D eigenvalue weighted by Crippen LogP contribution is 2.30. The number of allylic oxidation sites excluding steroid dienone is 1. The van der Waals surface area contributed by atoms with E-state index in [0.29, 0.717) is 5.92 Å². The monoisotopic (exact) mass is 201 g/mol. The molecule has 0 bridgehead atoms. The first kappa shape index (κ1) is 10.4. The molecule has 0 aromatic carbocycles. The van der Waals surface area contributed by atoms with Crippen LogP contribution in [0.4, 0.5) is 0 Å². The third-order valence-electron chi connectivity index (χ3n) is 2.98. The van der Waals surface area contributed by atoms with Crippen molar-refractivity contribution in [3.8, 4) is 0 Å². The van der Waals surface area contributed by atoms with Gasteiger partial charge in [0.15, 0.2) is 0 Å². The maximum atomic E-state index is 4.81. The molecule has 0 spiro atoms. The number of rotatable bonds is 0. The van der Waals surface area contributed by atoms with Crippen LogP contribution in [0.25, 0.3) is 6.08 Å². The van der Waals surface area contributed by atoms with Gasteiger partial charge in [0.2, 0.25) is 0 Å². The molecule has 0 fully saturated rings. The third-order valence-corrected chi connectivity index (χ3v) is 2.98. The van der Waals surface area contributed by atoms with Crippen molar-refractivity contribution in [2.24, 2.45) is 0 Å². The predicted octanol–water partition coefficient (Wildman–Crippen LogP) is 3.90. The Balaban J connectivity index is 2.50. The van der Waals surface area contributed by atoms with Crippen LogP contribution in [-0.2, 0) is 5.41 Å². The van der Waals surface area contributed by atoms with Crippen LogP contribution in [0.1, 0.15) is 57.0 Å². The largest absolute Gasteiger partial charge is 0.256 e. The van der Waals surface area contributed by atoms with Crippen molar-refractivity contribution in [1.29, 1.82) is 0 Å². The number of pyridine rings is 1. The summed E-state index contributed by atoms with van der Waals surface area (Å²) in [6.07, 6.45) is 5.55. The van der Waals surface area contributed by atoms with Crippen LogP contribution in [0.15, 0.2) is 18.2 Å².